The molecule has 0 aliphatic heterocycles. The van der Waals surface area contributed by atoms with Gasteiger partial charge in [-0.25, -0.2) is 4.39 Å². The van der Waals surface area contributed by atoms with Gasteiger partial charge in [-0.3, -0.25) is 9.59 Å². The van der Waals surface area contributed by atoms with E-state index in [-0.39, 0.29) is 5.02 Å². The Morgan fingerprint density at radius 1 is 1.50 bits per heavy atom. The Hall–Kier alpha value is -1.88. The van der Waals surface area contributed by atoms with E-state index in [9.17, 15) is 14.0 Å². The summed E-state index contributed by atoms with van der Waals surface area (Å²) < 4.78 is 12.9. The minimum Gasteiger partial charge on any atom is -0.480 e. The Kier molecular flexibility index (Phi) is 4.85. The molecule has 18 heavy (non-hydrogen) atoms. The Morgan fingerprint density at radius 3 is 2.72 bits per heavy atom. The number of aliphatic carboxylic acids is 1. The lowest BCUT2D eigenvalue weighted by Gasteiger charge is -2.05. The van der Waals surface area contributed by atoms with Crippen LogP contribution in [0.15, 0.2) is 24.3 Å². The van der Waals surface area contributed by atoms with Gasteiger partial charge in [-0.2, -0.15) is 0 Å². The lowest BCUT2D eigenvalue weighted by molar-refractivity contribution is -0.140. The smallest absolute Gasteiger partial charge is 0.325 e. The number of carbonyl (C=O) groups excluding carboxylic acids is 1. The number of carboxylic acids is 1. The molecule has 2 N–H and O–H groups in total. The molecule has 1 aromatic carbocycles. The van der Waals surface area contributed by atoms with Gasteiger partial charge in [-0.15, -0.1) is 0 Å². The maximum atomic E-state index is 12.9. The lowest BCUT2D eigenvalue weighted by Crippen LogP contribution is -2.37. The van der Waals surface area contributed by atoms with Gasteiger partial charge in [0.05, 0.1) is 5.02 Å². The second-order valence-corrected chi connectivity index (χ2v) is 3.98. The SMILES string of the molecule is C[C@@H](NC(=O)C=Cc1ccc(F)c(Cl)c1)C(=O)O. The van der Waals surface area contributed by atoms with Crippen molar-refractivity contribution >= 4 is 29.6 Å². The number of amides is 1. The van der Waals surface area contributed by atoms with Gasteiger partial charge in [0, 0.05) is 6.08 Å². The molecule has 0 bridgehead atoms. The van der Waals surface area contributed by atoms with Crippen LogP contribution in [0.5, 0.6) is 0 Å². The number of hydrogen-bond donors (Lipinski definition) is 2. The van der Waals surface area contributed by atoms with Gasteiger partial charge in [0.1, 0.15) is 11.9 Å². The summed E-state index contributed by atoms with van der Waals surface area (Å²) in [5.74, 6) is -2.22. The predicted molar refractivity (Wildman–Crippen MR) is 65.7 cm³/mol. The molecule has 0 saturated carbocycles. The summed E-state index contributed by atoms with van der Waals surface area (Å²) in [5, 5.41) is 10.8. The first kappa shape index (κ1) is 14.2. The van der Waals surface area contributed by atoms with Crippen LogP contribution in [-0.4, -0.2) is 23.0 Å². The normalized spacial score (nSPS) is 12.4. The molecule has 0 aliphatic carbocycles. The van der Waals surface area contributed by atoms with Gasteiger partial charge in [-0.05, 0) is 30.7 Å². The van der Waals surface area contributed by atoms with E-state index < -0.39 is 23.7 Å². The van der Waals surface area contributed by atoms with Crippen molar-refractivity contribution in [1.82, 2.24) is 5.32 Å². The number of carboxylic acid groups (broad SMARTS) is 1. The van der Waals surface area contributed by atoms with E-state index in [0.717, 1.165) is 6.08 Å². The fourth-order valence-corrected chi connectivity index (χ4v) is 1.30. The van der Waals surface area contributed by atoms with Crippen LogP contribution in [0, 0.1) is 5.82 Å². The van der Waals surface area contributed by atoms with Crippen molar-refractivity contribution in [2.24, 2.45) is 0 Å². The van der Waals surface area contributed by atoms with Crippen LogP contribution in [0.1, 0.15) is 12.5 Å². The summed E-state index contributed by atoms with van der Waals surface area (Å²) in [5.41, 5.74) is 0.541. The molecule has 6 heteroatoms. The second-order valence-electron chi connectivity index (χ2n) is 3.58. The Labute approximate surface area is 108 Å². The maximum Gasteiger partial charge on any atom is 0.325 e. The van der Waals surface area contributed by atoms with Crippen LogP contribution in [0.25, 0.3) is 6.08 Å². The molecular weight excluding hydrogens is 261 g/mol. The number of hydrogen-bond acceptors (Lipinski definition) is 2. The highest BCUT2D eigenvalue weighted by Crippen LogP contribution is 2.16. The van der Waals surface area contributed by atoms with Crippen LogP contribution in [0.4, 0.5) is 4.39 Å². The zero-order valence-electron chi connectivity index (χ0n) is 9.48. The third-order valence-corrected chi connectivity index (χ3v) is 2.39. The summed E-state index contributed by atoms with van der Waals surface area (Å²) in [6.45, 7) is 1.35. The summed E-state index contributed by atoms with van der Waals surface area (Å²) in [6, 6.07) is 3.02. The highest BCUT2D eigenvalue weighted by Gasteiger charge is 2.11. The molecule has 4 nitrogen and oxygen atoms in total. The van der Waals surface area contributed by atoms with Gasteiger partial charge in [0.25, 0.3) is 0 Å². The Bertz CT molecular complexity index is 502. The van der Waals surface area contributed by atoms with Crippen molar-refractivity contribution in [3.8, 4) is 0 Å². The molecule has 0 unspecified atom stereocenters. The number of nitrogens with one attached hydrogen (secondary N) is 1. The molecule has 1 rings (SSSR count). The Balaban J connectivity index is 2.66. The molecule has 0 heterocycles. The number of rotatable bonds is 4. The monoisotopic (exact) mass is 271 g/mol. The highest BCUT2D eigenvalue weighted by molar-refractivity contribution is 6.30. The second kappa shape index (κ2) is 6.16. The third-order valence-electron chi connectivity index (χ3n) is 2.10. The molecule has 1 amide bonds. The van der Waals surface area contributed by atoms with Gasteiger partial charge >= 0.3 is 5.97 Å². The van der Waals surface area contributed by atoms with Crippen molar-refractivity contribution in [3.05, 3.63) is 40.7 Å². The summed E-state index contributed by atoms with van der Waals surface area (Å²) in [6.07, 6.45) is 2.57. The fraction of sp³-hybridized carbons (Fsp3) is 0.167. The van der Waals surface area contributed by atoms with Crippen LogP contribution in [-0.2, 0) is 9.59 Å². The van der Waals surface area contributed by atoms with Crippen LogP contribution in [0.2, 0.25) is 5.02 Å². The summed E-state index contributed by atoms with van der Waals surface area (Å²) in [7, 11) is 0. The first-order valence-corrected chi connectivity index (χ1v) is 5.44. The molecule has 0 fully saturated rings. The first-order chi connectivity index (χ1) is 8.40. The van der Waals surface area contributed by atoms with Crippen molar-refractivity contribution in [3.63, 3.8) is 0 Å². The van der Waals surface area contributed by atoms with E-state index in [2.05, 4.69) is 5.32 Å². The average Bonchev–Trinajstić information content (AvgIpc) is 2.30. The molecule has 96 valence electrons. The summed E-state index contributed by atoms with van der Waals surface area (Å²) in [4.78, 5) is 21.8. The zero-order chi connectivity index (χ0) is 13.7. The minimum atomic E-state index is -1.12. The first-order valence-electron chi connectivity index (χ1n) is 5.06. The van der Waals surface area contributed by atoms with E-state index >= 15 is 0 Å². The number of benzene rings is 1. The molecular formula is C12H11ClFNO3. The quantitative estimate of drug-likeness (QED) is 0.824. The molecule has 0 spiro atoms. The van der Waals surface area contributed by atoms with Crippen LogP contribution >= 0.6 is 11.6 Å². The lowest BCUT2D eigenvalue weighted by atomic mass is 10.2. The van der Waals surface area contributed by atoms with Gasteiger partial charge in [0.2, 0.25) is 5.91 Å². The molecule has 0 radical (unpaired) electrons. The van der Waals surface area contributed by atoms with E-state index in [1.54, 1.807) is 0 Å². The van der Waals surface area contributed by atoms with Gasteiger partial charge in [0.15, 0.2) is 0 Å². The van der Waals surface area contributed by atoms with Crippen LogP contribution in [0.3, 0.4) is 0 Å². The van der Waals surface area contributed by atoms with E-state index in [4.69, 9.17) is 16.7 Å². The average molecular weight is 272 g/mol. The maximum absolute atomic E-state index is 12.9. The largest absolute Gasteiger partial charge is 0.480 e. The van der Waals surface area contributed by atoms with Crippen molar-refractivity contribution < 1.29 is 19.1 Å². The molecule has 1 aromatic rings. The third kappa shape index (κ3) is 4.18. The molecule has 0 saturated heterocycles. The van der Waals surface area contributed by atoms with Crippen molar-refractivity contribution in [2.45, 2.75) is 13.0 Å². The topological polar surface area (TPSA) is 66.4 Å². The van der Waals surface area contributed by atoms with Crippen molar-refractivity contribution in [2.75, 3.05) is 0 Å². The predicted octanol–water partition coefficient (Wildman–Crippen LogP) is 2.08. The standard InChI is InChI=1S/C12H11ClFNO3/c1-7(12(17)18)15-11(16)5-3-8-2-4-10(14)9(13)6-8/h2-7H,1H3,(H,15,16)(H,17,18)/t7-/m1/s1. The molecule has 1 atom stereocenters. The van der Waals surface area contributed by atoms with E-state index in [1.807, 2.05) is 0 Å². The fourth-order valence-electron chi connectivity index (χ4n) is 1.11. The number of carbonyl (C=O) groups is 2. The van der Waals surface area contributed by atoms with E-state index in [1.165, 1.54) is 31.2 Å². The number of halogens is 2. The minimum absolute atomic E-state index is 0.0449. The van der Waals surface area contributed by atoms with Crippen molar-refractivity contribution in [1.29, 1.82) is 0 Å². The zero-order valence-corrected chi connectivity index (χ0v) is 10.2. The molecule has 0 aromatic heterocycles. The van der Waals surface area contributed by atoms with Crippen LogP contribution < -0.4 is 5.32 Å². The van der Waals surface area contributed by atoms with Gasteiger partial charge < -0.3 is 10.4 Å². The van der Waals surface area contributed by atoms with E-state index in [0.29, 0.717) is 5.56 Å². The molecule has 0 aliphatic rings. The Morgan fingerprint density at radius 2 is 2.17 bits per heavy atom. The highest BCUT2D eigenvalue weighted by atomic mass is 35.5. The summed E-state index contributed by atoms with van der Waals surface area (Å²) >= 11 is 5.57. The van der Waals surface area contributed by atoms with Gasteiger partial charge in [-0.1, -0.05) is 17.7 Å².